The Balaban J connectivity index is 0.915. The quantitative estimate of drug-likeness (QED) is 0.129. The first-order chi connectivity index (χ1) is 43.2. The zero-order valence-corrected chi connectivity index (χ0v) is 49.6. The van der Waals surface area contributed by atoms with Crippen LogP contribution in [0.4, 0.5) is 22.7 Å². The lowest BCUT2D eigenvalue weighted by molar-refractivity contribution is 0.483. The lowest BCUT2D eigenvalue weighted by atomic mass is 9.87. The van der Waals surface area contributed by atoms with Crippen LogP contribution in [0.15, 0.2) is 273 Å². The van der Waals surface area contributed by atoms with Crippen molar-refractivity contribution in [1.29, 1.82) is 0 Å². The molecule has 88 heavy (non-hydrogen) atoms. The molecule has 0 unspecified atom stereocenters. The van der Waals surface area contributed by atoms with Gasteiger partial charge in [0.1, 0.15) is 29.8 Å². The number of benzene rings is 11. The van der Waals surface area contributed by atoms with Gasteiger partial charge in [-0.2, -0.15) is 0 Å². The van der Waals surface area contributed by atoms with Crippen LogP contribution in [0.5, 0.6) is 11.5 Å². The van der Waals surface area contributed by atoms with Crippen LogP contribution in [0.1, 0.15) is 45.0 Å². The Hall–Kier alpha value is -10.8. The predicted molar refractivity (Wildman–Crippen MR) is 365 cm³/mol. The average Bonchev–Trinajstić information content (AvgIpc) is 1.65. The van der Waals surface area contributed by atoms with Gasteiger partial charge >= 0.3 is 0 Å². The lowest BCUT2D eigenvalue weighted by Gasteiger charge is -2.26. The maximum atomic E-state index is 7.42. The molecule has 7 nitrogen and oxygen atoms in total. The van der Waals surface area contributed by atoms with Crippen molar-refractivity contribution in [3.05, 3.63) is 285 Å². The molecule has 2 aliphatic rings. The first kappa shape index (κ1) is 52.8. The Kier molecular flexibility index (Phi) is 13.0. The number of imidazole rings is 1. The molecule has 0 saturated heterocycles. The first-order valence-electron chi connectivity index (χ1n) is 30.7. The van der Waals surface area contributed by atoms with Gasteiger partial charge in [-0.25, -0.2) is 9.97 Å². The van der Waals surface area contributed by atoms with E-state index in [0.717, 1.165) is 143 Å². The van der Waals surface area contributed by atoms with Crippen LogP contribution >= 0.6 is 0 Å². The summed E-state index contributed by atoms with van der Waals surface area (Å²) in [6, 6.07) is 97.0. The molecule has 0 radical (unpaired) electrons. The monoisotopic (exact) mass is 1140 g/mol. The third kappa shape index (κ3) is 9.47. The van der Waals surface area contributed by atoms with Gasteiger partial charge in [0, 0.05) is 53.3 Å². The van der Waals surface area contributed by atoms with Gasteiger partial charge in [0.2, 0.25) is 0 Å². The number of aryl methyl sites for hydroxylation is 2. The van der Waals surface area contributed by atoms with E-state index in [-0.39, 0.29) is 5.41 Å². The van der Waals surface area contributed by atoms with Crippen molar-refractivity contribution in [2.75, 3.05) is 16.5 Å². The van der Waals surface area contributed by atoms with E-state index >= 15 is 0 Å². The van der Waals surface area contributed by atoms with E-state index in [2.05, 4.69) is 307 Å². The molecular weight excluding hydrogens is 1070 g/mol. The van der Waals surface area contributed by atoms with Crippen LogP contribution < -0.4 is 14.5 Å². The van der Waals surface area contributed by atoms with Gasteiger partial charge in [-0.1, -0.05) is 203 Å². The van der Waals surface area contributed by atoms with Crippen molar-refractivity contribution < 1.29 is 4.74 Å². The minimum atomic E-state index is -0.0618. The molecule has 11 aromatic carbocycles. The highest BCUT2D eigenvalue weighted by atomic mass is 16.5. The molecule has 2 aliphatic heterocycles. The zero-order valence-electron chi connectivity index (χ0n) is 49.6. The second-order valence-corrected chi connectivity index (χ2v) is 24.5. The fraction of sp³-hybridized carbons (Fsp3) is 0.111. The van der Waals surface area contributed by atoms with Crippen molar-refractivity contribution in [1.82, 2.24) is 19.1 Å². The smallest absolute Gasteiger partial charge is 0.137 e. The molecule has 7 heteroatoms. The Labute approximate surface area is 513 Å². The number of aromatic nitrogens is 4. The minimum Gasteiger partial charge on any atom is -0.457 e. The topological polar surface area (TPSA) is 51.4 Å². The standard InChI is InChI=1S/C81H64N6O/c1-81(2,3)62-41-42-82-79(48-62)87-73-35-17-16-32-68(73)69-39-38-64(50-74(69)87)88-65-46-61(80-66(56-26-12-6-13-27-56)33-21-34-67(80)57-28-14-7-15-29-57)45-63(49-65)85-53-86(77-52-75-71(51-76(77)85)83-78-36-18-19-43-84(75)78)72-40-37-59(55-24-10-5-11-25-55)47-70(72)60-31-20-30-58(44-60)54-22-8-4-9-23-54/h4-17,20-35,37-42,44-52H,18-19,36,43,53H2,1-3H3. The molecule has 0 fully saturated rings. The second-order valence-electron chi connectivity index (χ2n) is 24.5. The summed E-state index contributed by atoms with van der Waals surface area (Å²) in [5.41, 5.74) is 23.5. The largest absolute Gasteiger partial charge is 0.457 e. The summed E-state index contributed by atoms with van der Waals surface area (Å²) in [7, 11) is 0. The molecule has 0 atom stereocenters. The van der Waals surface area contributed by atoms with Gasteiger partial charge < -0.3 is 19.1 Å². The van der Waals surface area contributed by atoms with Crippen molar-refractivity contribution in [3.63, 3.8) is 0 Å². The first-order valence-corrected chi connectivity index (χ1v) is 30.7. The van der Waals surface area contributed by atoms with Crippen molar-refractivity contribution in [3.8, 4) is 84.1 Å². The van der Waals surface area contributed by atoms with Crippen LogP contribution in [-0.2, 0) is 18.4 Å². The summed E-state index contributed by atoms with van der Waals surface area (Å²) in [6.07, 6.45) is 5.18. The Bertz CT molecular complexity index is 4910. The van der Waals surface area contributed by atoms with E-state index in [1.165, 1.54) is 27.8 Å². The van der Waals surface area contributed by atoms with E-state index in [1.54, 1.807) is 0 Å². The van der Waals surface area contributed by atoms with Gasteiger partial charge in [-0.05, 0) is 158 Å². The Morgan fingerprint density at radius 2 is 1.05 bits per heavy atom. The number of para-hydroxylation sites is 1. The van der Waals surface area contributed by atoms with Gasteiger partial charge in [-0.15, -0.1) is 0 Å². The fourth-order valence-corrected chi connectivity index (χ4v) is 13.6. The van der Waals surface area contributed by atoms with Crippen molar-refractivity contribution >= 4 is 55.6 Å². The van der Waals surface area contributed by atoms with Crippen LogP contribution in [0.3, 0.4) is 0 Å². The maximum absolute atomic E-state index is 7.42. The van der Waals surface area contributed by atoms with Crippen LogP contribution in [0.25, 0.3) is 105 Å². The molecular formula is C81H64N6O. The van der Waals surface area contributed by atoms with E-state index in [9.17, 15) is 0 Å². The zero-order chi connectivity index (χ0) is 58.9. The fourth-order valence-electron chi connectivity index (χ4n) is 13.6. The molecule has 3 aromatic heterocycles. The molecule has 0 spiro atoms. The Morgan fingerprint density at radius 3 is 1.77 bits per heavy atom. The predicted octanol–water partition coefficient (Wildman–Crippen LogP) is 21.2. The van der Waals surface area contributed by atoms with Crippen LogP contribution in [0, 0.1) is 0 Å². The summed E-state index contributed by atoms with van der Waals surface area (Å²) in [5, 5.41) is 2.29. The van der Waals surface area contributed by atoms with Gasteiger partial charge in [0.25, 0.3) is 0 Å². The summed E-state index contributed by atoms with van der Waals surface area (Å²) < 4.78 is 12.2. The molecule has 0 bridgehead atoms. The summed E-state index contributed by atoms with van der Waals surface area (Å²) in [5.74, 6) is 3.47. The maximum Gasteiger partial charge on any atom is 0.137 e. The normalized spacial score (nSPS) is 13.1. The molecule has 424 valence electrons. The van der Waals surface area contributed by atoms with Crippen LogP contribution in [-0.4, -0.2) is 25.8 Å². The SMILES string of the molecule is CC(C)(C)c1ccnc(-n2c3ccccc3c3ccc(Oc4cc(-c5c(-c6ccccc6)cccc5-c5ccccc5)cc(N5CN(c6ccc(-c7ccccc7)cc6-c6cccc(-c7ccccc7)c6)c6cc7c(cc65)nc5n7CCCC5)c4)cc32)c1. The number of anilines is 4. The molecule has 0 amide bonds. The van der Waals surface area contributed by atoms with Gasteiger partial charge in [0.15, 0.2) is 0 Å². The van der Waals surface area contributed by atoms with Crippen molar-refractivity contribution in [2.45, 2.75) is 52.0 Å². The summed E-state index contributed by atoms with van der Waals surface area (Å²) in [6.45, 7) is 8.24. The van der Waals surface area contributed by atoms with Gasteiger partial charge in [-0.3, -0.25) is 4.57 Å². The lowest BCUT2D eigenvalue weighted by Crippen LogP contribution is -2.24. The molecule has 5 heterocycles. The summed E-state index contributed by atoms with van der Waals surface area (Å²) >= 11 is 0. The number of rotatable bonds is 11. The number of hydrogen-bond donors (Lipinski definition) is 0. The molecule has 0 saturated carbocycles. The highest BCUT2D eigenvalue weighted by Crippen LogP contribution is 2.52. The van der Waals surface area contributed by atoms with Crippen LogP contribution in [0.2, 0.25) is 0 Å². The average molecular weight is 1140 g/mol. The number of fused-ring (bicyclic) bond motifs is 7. The van der Waals surface area contributed by atoms with Gasteiger partial charge in [0.05, 0.1) is 39.1 Å². The van der Waals surface area contributed by atoms with E-state index in [1.807, 2.05) is 6.20 Å². The van der Waals surface area contributed by atoms with Crippen molar-refractivity contribution in [2.24, 2.45) is 0 Å². The third-order valence-electron chi connectivity index (χ3n) is 17.9. The minimum absolute atomic E-state index is 0.0618. The molecule has 0 N–H and O–H groups in total. The van der Waals surface area contributed by atoms with E-state index in [0.29, 0.717) is 12.4 Å². The Morgan fingerprint density at radius 1 is 0.409 bits per heavy atom. The van der Waals surface area contributed by atoms with E-state index < -0.39 is 0 Å². The number of nitrogens with zero attached hydrogens (tertiary/aromatic N) is 6. The molecule has 14 aromatic rings. The second kappa shape index (κ2) is 21.6. The van der Waals surface area contributed by atoms with E-state index in [4.69, 9.17) is 14.7 Å². The number of hydrogen-bond acceptors (Lipinski definition) is 5. The number of ether oxygens (including phenoxy) is 1. The summed E-state index contributed by atoms with van der Waals surface area (Å²) in [4.78, 5) is 15.5. The highest BCUT2D eigenvalue weighted by molar-refractivity contribution is 6.10. The highest BCUT2D eigenvalue weighted by Gasteiger charge is 2.33. The third-order valence-corrected chi connectivity index (χ3v) is 17.9. The molecule has 0 aliphatic carbocycles. The molecule has 16 rings (SSSR count). The number of pyridine rings is 1.